The molecule has 0 aliphatic heterocycles. The lowest BCUT2D eigenvalue weighted by molar-refractivity contribution is -0.384. The van der Waals surface area contributed by atoms with Crippen LogP contribution in [0.5, 0.6) is 5.75 Å². The van der Waals surface area contributed by atoms with Gasteiger partial charge in [-0.3, -0.25) is 10.1 Å². The molecule has 0 radical (unpaired) electrons. The summed E-state index contributed by atoms with van der Waals surface area (Å²) in [5, 5.41) is 13.9. The quantitative estimate of drug-likeness (QED) is 0.500. The van der Waals surface area contributed by atoms with Gasteiger partial charge in [0, 0.05) is 29.9 Å². The summed E-state index contributed by atoms with van der Waals surface area (Å²) in [5.74, 6) is 0.0674. The van der Waals surface area contributed by atoms with Crippen LogP contribution in [0.25, 0.3) is 0 Å². The molecule has 1 N–H and O–H groups in total. The van der Waals surface area contributed by atoms with E-state index < -0.39 is 10.9 Å². The molecule has 2 aromatic rings. The fraction of sp³-hybridized carbons (Fsp3) is 0.188. The molecule has 23 heavy (non-hydrogen) atoms. The Morgan fingerprint density at radius 2 is 1.96 bits per heavy atom. The summed E-state index contributed by atoms with van der Waals surface area (Å²) >= 11 is 0. The van der Waals surface area contributed by atoms with E-state index in [4.69, 9.17) is 4.74 Å². The Morgan fingerprint density at radius 1 is 1.22 bits per heavy atom. The van der Waals surface area contributed by atoms with E-state index in [2.05, 4.69) is 10.1 Å². The zero-order valence-corrected chi connectivity index (χ0v) is 12.7. The number of nitro benzene ring substituents is 1. The Balaban J connectivity index is 2.28. The first-order valence-electron chi connectivity index (χ1n) is 6.79. The Hall–Kier alpha value is -3.09. The highest BCUT2D eigenvalue weighted by Crippen LogP contribution is 2.25. The average Bonchev–Trinajstić information content (AvgIpc) is 2.59. The molecule has 0 saturated carbocycles. The highest BCUT2D eigenvalue weighted by Gasteiger charge is 2.17. The molecule has 2 aromatic carbocycles. The number of nitrogens with zero attached hydrogens (tertiary/aromatic N) is 1. The average molecular weight is 316 g/mol. The van der Waals surface area contributed by atoms with Crippen LogP contribution in [0.4, 0.5) is 11.4 Å². The van der Waals surface area contributed by atoms with E-state index in [1.165, 1.54) is 25.3 Å². The van der Waals surface area contributed by atoms with E-state index in [1.54, 1.807) is 7.11 Å². The van der Waals surface area contributed by atoms with E-state index in [1.807, 2.05) is 24.3 Å². The molecule has 7 heteroatoms. The smallest absolute Gasteiger partial charge is 0.340 e. The third kappa shape index (κ3) is 3.76. The topological polar surface area (TPSA) is 90.7 Å². The normalized spacial score (nSPS) is 10.0. The minimum Gasteiger partial charge on any atom is -0.496 e. The summed E-state index contributed by atoms with van der Waals surface area (Å²) in [6.07, 6.45) is 0. The van der Waals surface area contributed by atoms with Crippen LogP contribution in [-0.4, -0.2) is 25.1 Å². The van der Waals surface area contributed by atoms with Crippen molar-refractivity contribution in [3.05, 3.63) is 63.7 Å². The van der Waals surface area contributed by atoms with Crippen molar-refractivity contribution in [2.24, 2.45) is 0 Å². The maximum Gasteiger partial charge on any atom is 0.340 e. The van der Waals surface area contributed by atoms with Gasteiger partial charge in [-0.2, -0.15) is 0 Å². The van der Waals surface area contributed by atoms with Gasteiger partial charge in [0.2, 0.25) is 0 Å². The number of methoxy groups -OCH3 is 2. The number of carbonyl (C=O) groups is 1. The number of non-ortho nitro benzene ring substituents is 1. The van der Waals surface area contributed by atoms with Gasteiger partial charge in [0.25, 0.3) is 5.69 Å². The van der Waals surface area contributed by atoms with Crippen molar-refractivity contribution in [3.8, 4) is 5.75 Å². The second-order valence-electron chi connectivity index (χ2n) is 4.64. The third-order valence-corrected chi connectivity index (χ3v) is 3.28. The summed E-state index contributed by atoms with van der Waals surface area (Å²) in [5.41, 5.74) is 1.28. The lowest BCUT2D eigenvalue weighted by Gasteiger charge is -2.13. The van der Waals surface area contributed by atoms with Crippen molar-refractivity contribution in [2.45, 2.75) is 6.54 Å². The van der Waals surface area contributed by atoms with Crippen LogP contribution in [-0.2, 0) is 11.3 Å². The SMILES string of the molecule is COC(=O)c1cc([N+](=O)[O-])ccc1NCc1ccccc1OC. The van der Waals surface area contributed by atoms with E-state index in [-0.39, 0.29) is 11.3 Å². The number of nitrogens with one attached hydrogen (secondary N) is 1. The predicted molar refractivity (Wildman–Crippen MR) is 84.8 cm³/mol. The van der Waals surface area contributed by atoms with Gasteiger partial charge in [0.1, 0.15) is 5.75 Å². The summed E-state index contributed by atoms with van der Waals surface area (Å²) in [6, 6.07) is 11.4. The number of hydrogen-bond acceptors (Lipinski definition) is 6. The standard InChI is InChI=1S/C16H16N2O5/c1-22-15-6-4-3-5-11(15)10-17-14-8-7-12(18(20)21)9-13(14)16(19)23-2/h3-9,17H,10H2,1-2H3. The molecular formula is C16H16N2O5. The molecule has 0 heterocycles. The second kappa shape index (κ2) is 7.26. The Labute approximate surface area is 133 Å². The first-order chi connectivity index (χ1) is 11.1. The lowest BCUT2D eigenvalue weighted by atomic mass is 10.1. The number of carbonyl (C=O) groups excluding carboxylic acids is 1. The molecular weight excluding hydrogens is 300 g/mol. The zero-order chi connectivity index (χ0) is 16.8. The monoisotopic (exact) mass is 316 g/mol. The van der Waals surface area contributed by atoms with E-state index in [9.17, 15) is 14.9 Å². The molecule has 2 rings (SSSR count). The Kier molecular flexibility index (Phi) is 5.14. The molecule has 0 aliphatic rings. The van der Waals surface area contributed by atoms with Gasteiger partial charge >= 0.3 is 5.97 Å². The van der Waals surface area contributed by atoms with Crippen molar-refractivity contribution in [3.63, 3.8) is 0 Å². The van der Waals surface area contributed by atoms with Gasteiger partial charge in [-0.25, -0.2) is 4.79 Å². The van der Waals surface area contributed by atoms with Gasteiger partial charge in [0.15, 0.2) is 0 Å². The number of rotatable bonds is 6. The number of benzene rings is 2. The highest BCUT2D eigenvalue weighted by atomic mass is 16.6. The number of esters is 1. The summed E-state index contributed by atoms with van der Waals surface area (Å²) in [4.78, 5) is 22.1. The zero-order valence-electron chi connectivity index (χ0n) is 12.7. The van der Waals surface area contributed by atoms with E-state index >= 15 is 0 Å². The molecule has 7 nitrogen and oxygen atoms in total. The Morgan fingerprint density at radius 3 is 2.61 bits per heavy atom. The molecule has 0 saturated heterocycles. The third-order valence-electron chi connectivity index (χ3n) is 3.28. The first-order valence-corrected chi connectivity index (χ1v) is 6.79. The van der Waals surface area contributed by atoms with E-state index in [0.29, 0.717) is 18.0 Å². The Bertz CT molecular complexity index is 730. The van der Waals surface area contributed by atoms with Crippen LogP contribution in [0.2, 0.25) is 0 Å². The number of ether oxygens (including phenoxy) is 2. The van der Waals surface area contributed by atoms with Gasteiger partial charge in [-0.15, -0.1) is 0 Å². The van der Waals surface area contributed by atoms with Crippen LogP contribution in [0, 0.1) is 10.1 Å². The predicted octanol–water partition coefficient (Wildman–Crippen LogP) is 3.00. The molecule has 0 aliphatic carbocycles. The molecule has 0 amide bonds. The van der Waals surface area contributed by atoms with Gasteiger partial charge in [-0.1, -0.05) is 18.2 Å². The molecule has 120 valence electrons. The largest absolute Gasteiger partial charge is 0.496 e. The van der Waals surface area contributed by atoms with Gasteiger partial charge in [0.05, 0.1) is 24.7 Å². The van der Waals surface area contributed by atoms with Gasteiger partial charge < -0.3 is 14.8 Å². The second-order valence-corrected chi connectivity index (χ2v) is 4.64. The van der Waals surface area contributed by atoms with Crippen molar-refractivity contribution < 1.29 is 19.2 Å². The molecule has 0 unspecified atom stereocenters. The maximum atomic E-state index is 11.8. The van der Waals surface area contributed by atoms with Crippen molar-refractivity contribution in [1.29, 1.82) is 0 Å². The molecule has 0 bridgehead atoms. The molecule has 0 aromatic heterocycles. The molecule has 0 atom stereocenters. The minimum absolute atomic E-state index is 0.108. The number of para-hydroxylation sites is 1. The van der Waals surface area contributed by atoms with Crippen LogP contribution < -0.4 is 10.1 Å². The van der Waals surface area contributed by atoms with Crippen LogP contribution >= 0.6 is 0 Å². The summed E-state index contributed by atoms with van der Waals surface area (Å²) in [6.45, 7) is 0.395. The number of anilines is 1. The number of hydrogen-bond donors (Lipinski definition) is 1. The summed E-state index contributed by atoms with van der Waals surface area (Å²) < 4.78 is 9.94. The fourth-order valence-electron chi connectivity index (χ4n) is 2.12. The lowest BCUT2D eigenvalue weighted by Crippen LogP contribution is -2.09. The maximum absolute atomic E-state index is 11.8. The highest BCUT2D eigenvalue weighted by molar-refractivity contribution is 5.96. The minimum atomic E-state index is -0.642. The van der Waals surface area contributed by atoms with Crippen LogP contribution in [0.3, 0.4) is 0 Å². The van der Waals surface area contributed by atoms with Crippen molar-refractivity contribution in [2.75, 3.05) is 19.5 Å². The van der Waals surface area contributed by atoms with E-state index in [0.717, 1.165) is 5.56 Å². The fourth-order valence-corrected chi connectivity index (χ4v) is 2.12. The molecule has 0 fully saturated rings. The molecule has 0 spiro atoms. The van der Waals surface area contributed by atoms with Crippen molar-refractivity contribution in [1.82, 2.24) is 0 Å². The van der Waals surface area contributed by atoms with Gasteiger partial charge in [-0.05, 0) is 12.1 Å². The van der Waals surface area contributed by atoms with Crippen molar-refractivity contribution >= 4 is 17.3 Å². The summed E-state index contributed by atoms with van der Waals surface area (Å²) in [7, 11) is 2.80. The number of nitro groups is 1. The van der Waals surface area contributed by atoms with Crippen LogP contribution in [0.15, 0.2) is 42.5 Å². The van der Waals surface area contributed by atoms with Crippen LogP contribution in [0.1, 0.15) is 15.9 Å². The first kappa shape index (κ1) is 16.3.